The first-order chi connectivity index (χ1) is 14.0. The molecule has 1 aliphatic carbocycles. The first-order valence-corrected chi connectivity index (χ1v) is 12.3. The summed E-state index contributed by atoms with van der Waals surface area (Å²) in [6.45, 7) is 12.4. The summed E-state index contributed by atoms with van der Waals surface area (Å²) in [6, 6.07) is 6.04. The fraction of sp³-hybridized carbons (Fsp3) is 0.636. The molecule has 0 bridgehead atoms. The lowest BCUT2D eigenvalue weighted by Crippen LogP contribution is -2.48. The van der Waals surface area contributed by atoms with Crippen LogP contribution in [0, 0.1) is 0 Å². The molecule has 0 spiro atoms. The predicted octanol–water partition coefficient (Wildman–Crippen LogP) is 3.39. The number of aliphatic hydroxyl groups is 1. The SMILES string of the molecule is CC(C)NC1COC1.CC(O)C1=CCC(N2CCN(Sc3cccs3)CC2)C=C1. The number of piperazine rings is 1. The van der Waals surface area contributed by atoms with Crippen LogP contribution in [0.15, 0.2) is 45.5 Å². The van der Waals surface area contributed by atoms with E-state index in [2.05, 4.69) is 64.1 Å². The van der Waals surface area contributed by atoms with Crippen LogP contribution in [0.1, 0.15) is 27.2 Å². The molecule has 2 unspecified atom stereocenters. The Bertz CT molecular complexity index is 649. The summed E-state index contributed by atoms with van der Waals surface area (Å²) in [7, 11) is 0. The van der Waals surface area contributed by atoms with E-state index in [1.54, 1.807) is 0 Å². The van der Waals surface area contributed by atoms with Gasteiger partial charge >= 0.3 is 0 Å². The van der Waals surface area contributed by atoms with E-state index >= 15 is 0 Å². The number of thiophene rings is 1. The molecule has 7 heteroatoms. The van der Waals surface area contributed by atoms with Gasteiger partial charge in [-0.2, -0.15) is 0 Å². The zero-order valence-corrected chi connectivity index (χ0v) is 19.4. The average Bonchev–Trinajstić information content (AvgIpc) is 3.19. The lowest BCUT2D eigenvalue weighted by atomic mass is 9.98. The molecule has 0 radical (unpaired) electrons. The van der Waals surface area contributed by atoms with E-state index in [0.717, 1.165) is 51.4 Å². The van der Waals surface area contributed by atoms with Crippen molar-refractivity contribution in [3.05, 3.63) is 41.3 Å². The first kappa shape index (κ1) is 23.0. The summed E-state index contributed by atoms with van der Waals surface area (Å²) in [4.78, 5) is 2.55. The Morgan fingerprint density at radius 1 is 1.21 bits per heavy atom. The third-order valence-electron chi connectivity index (χ3n) is 5.25. The molecular weight excluding hydrogens is 402 g/mol. The van der Waals surface area contributed by atoms with Gasteiger partial charge in [-0.3, -0.25) is 4.90 Å². The Labute approximate surface area is 183 Å². The lowest BCUT2D eigenvalue weighted by Gasteiger charge is -2.38. The van der Waals surface area contributed by atoms with Crippen LogP contribution in [0.25, 0.3) is 0 Å². The Morgan fingerprint density at radius 3 is 2.41 bits per heavy atom. The van der Waals surface area contributed by atoms with E-state index < -0.39 is 0 Å². The van der Waals surface area contributed by atoms with Gasteiger partial charge in [-0.25, -0.2) is 4.31 Å². The Hall–Kier alpha value is -0.670. The quantitative estimate of drug-likeness (QED) is 0.666. The molecule has 2 atom stereocenters. The van der Waals surface area contributed by atoms with Crippen LogP contribution in [0.2, 0.25) is 0 Å². The summed E-state index contributed by atoms with van der Waals surface area (Å²) in [5, 5.41) is 15.1. The van der Waals surface area contributed by atoms with Crippen molar-refractivity contribution in [2.24, 2.45) is 0 Å². The van der Waals surface area contributed by atoms with Crippen LogP contribution < -0.4 is 5.32 Å². The lowest BCUT2D eigenvalue weighted by molar-refractivity contribution is -0.00828. The van der Waals surface area contributed by atoms with Gasteiger partial charge in [0.05, 0.1) is 29.6 Å². The van der Waals surface area contributed by atoms with Gasteiger partial charge in [0.15, 0.2) is 0 Å². The monoisotopic (exact) mass is 437 g/mol. The molecule has 2 fully saturated rings. The number of nitrogens with one attached hydrogen (secondary N) is 1. The number of ether oxygens (including phenoxy) is 1. The van der Waals surface area contributed by atoms with Crippen molar-refractivity contribution < 1.29 is 9.84 Å². The summed E-state index contributed by atoms with van der Waals surface area (Å²) in [5.41, 5.74) is 1.05. The van der Waals surface area contributed by atoms with Gasteiger partial charge in [-0.05, 0) is 42.3 Å². The molecule has 2 saturated heterocycles. The maximum absolute atomic E-state index is 9.59. The first-order valence-electron chi connectivity index (χ1n) is 10.6. The Balaban J connectivity index is 0.000000252. The van der Waals surface area contributed by atoms with Gasteiger partial charge < -0.3 is 15.2 Å². The van der Waals surface area contributed by atoms with Gasteiger partial charge in [0.2, 0.25) is 0 Å². The van der Waals surface area contributed by atoms with Crippen LogP contribution in [-0.4, -0.2) is 77.9 Å². The predicted molar refractivity (Wildman–Crippen MR) is 124 cm³/mol. The molecule has 2 aliphatic heterocycles. The molecule has 162 valence electrons. The highest BCUT2D eigenvalue weighted by atomic mass is 32.2. The molecule has 5 nitrogen and oxygen atoms in total. The smallest absolute Gasteiger partial charge is 0.0758 e. The number of hydrogen-bond donors (Lipinski definition) is 2. The van der Waals surface area contributed by atoms with E-state index in [4.69, 9.17) is 4.74 Å². The van der Waals surface area contributed by atoms with E-state index in [-0.39, 0.29) is 6.10 Å². The normalized spacial score (nSPS) is 24.6. The summed E-state index contributed by atoms with van der Waals surface area (Å²) >= 11 is 3.70. The average molecular weight is 438 g/mol. The molecule has 0 amide bonds. The molecule has 1 aromatic rings. The maximum atomic E-state index is 9.59. The topological polar surface area (TPSA) is 48.0 Å². The highest BCUT2D eigenvalue weighted by molar-refractivity contribution is 7.98. The minimum atomic E-state index is -0.346. The van der Waals surface area contributed by atoms with Crippen LogP contribution >= 0.6 is 23.3 Å². The third kappa shape index (κ3) is 7.51. The minimum Gasteiger partial charge on any atom is -0.389 e. The molecule has 29 heavy (non-hydrogen) atoms. The van der Waals surface area contributed by atoms with Crippen molar-refractivity contribution >= 4 is 23.3 Å². The molecular formula is C22H35N3O2S2. The largest absolute Gasteiger partial charge is 0.389 e. The van der Waals surface area contributed by atoms with Gasteiger partial charge in [-0.1, -0.05) is 38.1 Å². The molecule has 0 saturated carbocycles. The Kier molecular flexibility index (Phi) is 9.24. The van der Waals surface area contributed by atoms with E-state index in [9.17, 15) is 5.11 Å². The molecule has 3 heterocycles. The van der Waals surface area contributed by atoms with Crippen molar-refractivity contribution in [2.75, 3.05) is 39.4 Å². The number of aliphatic hydroxyl groups excluding tert-OH is 1. The second kappa shape index (κ2) is 11.6. The Morgan fingerprint density at radius 2 is 1.97 bits per heavy atom. The van der Waals surface area contributed by atoms with Crippen LogP contribution in [-0.2, 0) is 4.74 Å². The van der Waals surface area contributed by atoms with E-state index in [0.29, 0.717) is 18.1 Å². The van der Waals surface area contributed by atoms with Gasteiger partial charge in [0.1, 0.15) is 0 Å². The highest BCUT2D eigenvalue weighted by Crippen LogP contribution is 2.28. The molecule has 4 rings (SSSR count). The zero-order chi connectivity index (χ0) is 20.6. The number of nitrogens with zero attached hydrogens (tertiary/aromatic N) is 2. The van der Waals surface area contributed by atoms with Gasteiger partial charge in [0.25, 0.3) is 0 Å². The summed E-state index contributed by atoms with van der Waals surface area (Å²) in [6.07, 6.45) is 7.20. The fourth-order valence-electron chi connectivity index (χ4n) is 3.58. The zero-order valence-electron chi connectivity index (χ0n) is 17.8. The number of rotatable bonds is 6. The standard InChI is InChI=1S/C16H22N2OS2.C6H13NO/c1-13(19)14-4-6-15(7-5-14)17-8-10-18(11-9-17)21-16-3-2-12-20-16;1-5(2)7-6-3-8-4-6/h2-6,12-13,15,19H,7-11H2,1H3;5-7H,3-4H2,1-2H3. The fourth-order valence-corrected chi connectivity index (χ4v) is 5.42. The van der Waals surface area contributed by atoms with Crippen molar-refractivity contribution in [3.63, 3.8) is 0 Å². The van der Waals surface area contributed by atoms with Crippen molar-refractivity contribution in [3.8, 4) is 0 Å². The molecule has 3 aliphatic rings. The second-order valence-electron chi connectivity index (χ2n) is 8.09. The summed E-state index contributed by atoms with van der Waals surface area (Å²) in [5.74, 6) is 0. The van der Waals surface area contributed by atoms with Gasteiger partial charge in [0, 0.05) is 38.3 Å². The van der Waals surface area contributed by atoms with Crippen molar-refractivity contribution in [1.29, 1.82) is 0 Å². The maximum Gasteiger partial charge on any atom is 0.0758 e. The molecule has 2 N–H and O–H groups in total. The summed E-state index contributed by atoms with van der Waals surface area (Å²) < 4.78 is 8.82. The highest BCUT2D eigenvalue weighted by Gasteiger charge is 2.24. The molecule has 0 aromatic carbocycles. The van der Waals surface area contributed by atoms with Crippen molar-refractivity contribution in [1.82, 2.24) is 14.5 Å². The minimum absolute atomic E-state index is 0.346. The van der Waals surface area contributed by atoms with Crippen LogP contribution in [0.4, 0.5) is 0 Å². The van der Waals surface area contributed by atoms with Crippen molar-refractivity contribution in [2.45, 2.75) is 55.6 Å². The van der Waals surface area contributed by atoms with Gasteiger partial charge in [-0.15, -0.1) is 11.3 Å². The van der Waals surface area contributed by atoms with E-state index in [1.807, 2.05) is 30.2 Å². The second-order valence-corrected chi connectivity index (χ2v) is 10.4. The van der Waals surface area contributed by atoms with E-state index in [1.165, 1.54) is 4.21 Å². The molecule has 1 aromatic heterocycles. The van der Waals surface area contributed by atoms with Crippen LogP contribution in [0.3, 0.4) is 0 Å². The number of hydrogen-bond acceptors (Lipinski definition) is 7. The third-order valence-corrected chi connectivity index (χ3v) is 7.37. The van der Waals surface area contributed by atoms with Crippen LogP contribution in [0.5, 0.6) is 0 Å².